The van der Waals surface area contributed by atoms with Crippen LogP contribution in [-0.2, 0) is 19.5 Å². The van der Waals surface area contributed by atoms with E-state index in [0.29, 0.717) is 6.79 Å². The first-order chi connectivity index (χ1) is 13.2. The van der Waals surface area contributed by atoms with Crippen molar-refractivity contribution in [2.24, 2.45) is 5.92 Å². The second-order valence-electron chi connectivity index (χ2n) is 8.12. The van der Waals surface area contributed by atoms with E-state index in [1.54, 1.807) is 0 Å². The first-order valence-electron chi connectivity index (χ1n) is 10.0. The van der Waals surface area contributed by atoms with Crippen LogP contribution in [0.2, 0.25) is 0 Å². The van der Waals surface area contributed by atoms with E-state index in [1.165, 1.54) is 42.9 Å². The van der Waals surface area contributed by atoms with Crippen molar-refractivity contribution in [3.05, 3.63) is 52.8 Å². The lowest BCUT2D eigenvalue weighted by Gasteiger charge is -2.20. The molecule has 3 aliphatic rings. The smallest absolute Gasteiger partial charge is 0.231 e. The number of aromatic nitrogens is 1. The topological polar surface area (TPSA) is 37.8 Å². The minimum atomic E-state index is 0.359. The molecule has 5 heteroatoms. The summed E-state index contributed by atoms with van der Waals surface area (Å²) in [5.41, 5.74) is 5.13. The average molecular weight is 365 g/mol. The molecule has 0 N–H and O–H groups in total. The molecule has 1 saturated heterocycles. The zero-order valence-corrected chi connectivity index (χ0v) is 16.0. The molecular formula is C22H27N3O2. The molecular weight excluding hydrogens is 338 g/mol. The van der Waals surface area contributed by atoms with E-state index in [4.69, 9.17) is 9.47 Å². The van der Waals surface area contributed by atoms with Crippen molar-refractivity contribution in [2.75, 3.05) is 33.0 Å². The van der Waals surface area contributed by atoms with Crippen LogP contribution >= 0.6 is 0 Å². The molecule has 1 aromatic carbocycles. The fourth-order valence-corrected chi connectivity index (χ4v) is 4.63. The monoisotopic (exact) mass is 365 g/mol. The Balaban J connectivity index is 1.12. The summed E-state index contributed by atoms with van der Waals surface area (Å²) in [4.78, 5) is 9.81. The number of aryl methyl sites for hydroxylation is 1. The third kappa shape index (κ3) is 3.66. The zero-order chi connectivity index (χ0) is 18.2. The number of likely N-dealkylation sites (tertiary alicyclic amines) is 1. The van der Waals surface area contributed by atoms with E-state index in [0.717, 1.165) is 49.2 Å². The summed E-state index contributed by atoms with van der Waals surface area (Å²) >= 11 is 0. The second kappa shape index (κ2) is 7.13. The summed E-state index contributed by atoms with van der Waals surface area (Å²) in [5.74, 6) is 2.59. The molecule has 27 heavy (non-hydrogen) atoms. The Morgan fingerprint density at radius 2 is 1.85 bits per heavy atom. The number of pyridine rings is 1. The molecule has 1 fully saturated rings. The third-order valence-electron chi connectivity index (χ3n) is 6.00. The van der Waals surface area contributed by atoms with Gasteiger partial charge in [-0.15, -0.1) is 0 Å². The fraction of sp³-hybridized carbons (Fsp3) is 0.500. The summed E-state index contributed by atoms with van der Waals surface area (Å²) in [5, 5.41) is 0. The Bertz CT molecular complexity index is 805. The molecule has 1 unspecified atom stereocenters. The lowest BCUT2D eigenvalue weighted by molar-refractivity contribution is 0.173. The standard InChI is InChI=1S/C22H27N3O2/c1-16-3-2-4-20(23-16)6-8-24-7-5-17(11-24)12-25-13-18-9-21-22(27-15-26-21)10-19(18)14-25/h2-4,9-10,17H,5-8,11-15H2,1H3. The summed E-state index contributed by atoms with van der Waals surface area (Å²) in [6, 6.07) is 10.7. The van der Waals surface area contributed by atoms with Crippen LogP contribution in [0.3, 0.4) is 0 Å². The highest BCUT2D eigenvalue weighted by Crippen LogP contribution is 2.38. The molecule has 0 aliphatic carbocycles. The van der Waals surface area contributed by atoms with Crippen molar-refractivity contribution in [1.82, 2.24) is 14.8 Å². The number of fused-ring (bicyclic) bond motifs is 2. The summed E-state index contributed by atoms with van der Waals surface area (Å²) in [7, 11) is 0. The summed E-state index contributed by atoms with van der Waals surface area (Å²) < 4.78 is 11.0. The van der Waals surface area contributed by atoms with Crippen LogP contribution in [-0.4, -0.2) is 47.8 Å². The second-order valence-corrected chi connectivity index (χ2v) is 8.12. The van der Waals surface area contributed by atoms with Gasteiger partial charge in [0.2, 0.25) is 6.79 Å². The highest BCUT2D eigenvalue weighted by Gasteiger charge is 2.28. The predicted molar refractivity (Wildman–Crippen MR) is 104 cm³/mol. The van der Waals surface area contributed by atoms with Crippen molar-refractivity contribution >= 4 is 0 Å². The minimum absolute atomic E-state index is 0.359. The molecule has 1 atom stereocenters. The van der Waals surface area contributed by atoms with Crippen molar-refractivity contribution < 1.29 is 9.47 Å². The van der Waals surface area contributed by atoms with Crippen LogP contribution in [0.5, 0.6) is 11.5 Å². The molecule has 1 aromatic heterocycles. The molecule has 4 heterocycles. The average Bonchev–Trinajstić information content (AvgIpc) is 3.37. The maximum atomic E-state index is 5.52. The normalized spacial score (nSPS) is 21.7. The summed E-state index contributed by atoms with van der Waals surface area (Å²) in [6.07, 6.45) is 2.35. The van der Waals surface area contributed by atoms with Crippen LogP contribution in [0.15, 0.2) is 30.3 Å². The Kier molecular flexibility index (Phi) is 4.50. The van der Waals surface area contributed by atoms with Gasteiger partial charge in [0.15, 0.2) is 11.5 Å². The van der Waals surface area contributed by atoms with Crippen LogP contribution in [0.1, 0.15) is 28.9 Å². The maximum Gasteiger partial charge on any atom is 0.231 e. The van der Waals surface area contributed by atoms with E-state index >= 15 is 0 Å². The van der Waals surface area contributed by atoms with Gasteiger partial charge in [-0.2, -0.15) is 0 Å². The Hall–Kier alpha value is -2.11. The maximum absolute atomic E-state index is 5.52. The van der Waals surface area contributed by atoms with Gasteiger partial charge in [0, 0.05) is 50.5 Å². The number of benzene rings is 1. The van der Waals surface area contributed by atoms with Crippen LogP contribution in [0.4, 0.5) is 0 Å². The van der Waals surface area contributed by atoms with Gasteiger partial charge in [0.1, 0.15) is 0 Å². The van der Waals surface area contributed by atoms with E-state index < -0.39 is 0 Å². The summed E-state index contributed by atoms with van der Waals surface area (Å²) in [6.45, 7) is 9.23. The third-order valence-corrected chi connectivity index (χ3v) is 6.00. The first-order valence-corrected chi connectivity index (χ1v) is 10.0. The van der Waals surface area contributed by atoms with Gasteiger partial charge in [-0.3, -0.25) is 9.88 Å². The van der Waals surface area contributed by atoms with E-state index in [1.807, 2.05) is 0 Å². The van der Waals surface area contributed by atoms with Gasteiger partial charge in [-0.05, 0) is 61.2 Å². The fourth-order valence-electron chi connectivity index (χ4n) is 4.63. The lowest BCUT2D eigenvalue weighted by atomic mass is 10.1. The molecule has 0 saturated carbocycles. The van der Waals surface area contributed by atoms with Gasteiger partial charge in [0.25, 0.3) is 0 Å². The van der Waals surface area contributed by atoms with Gasteiger partial charge in [-0.25, -0.2) is 0 Å². The van der Waals surface area contributed by atoms with Crippen molar-refractivity contribution in [2.45, 2.75) is 32.9 Å². The van der Waals surface area contributed by atoms with Crippen LogP contribution < -0.4 is 9.47 Å². The molecule has 0 radical (unpaired) electrons. The quantitative estimate of drug-likeness (QED) is 0.814. The van der Waals surface area contributed by atoms with Gasteiger partial charge in [-0.1, -0.05) is 6.07 Å². The van der Waals surface area contributed by atoms with Crippen molar-refractivity contribution in [3.63, 3.8) is 0 Å². The van der Waals surface area contributed by atoms with Crippen molar-refractivity contribution in [1.29, 1.82) is 0 Å². The van der Waals surface area contributed by atoms with Gasteiger partial charge in [0.05, 0.1) is 0 Å². The molecule has 5 rings (SSSR count). The Morgan fingerprint density at radius 3 is 2.59 bits per heavy atom. The molecule has 0 amide bonds. The van der Waals surface area contributed by atoms with E-state index in [-0.39, 0.29) is 0 Å². The minimum Gasteiger partial charge on any atom is -0.454 e. The van der Waals surface area contributed by atoms with Gasteiger partial charge < -0.3 is 14.4 Å². The lowest BCUT2D eigenvalue weighted by Crippen LogP contribution is -2.28. The highest BCUT2D eigenvalue weighted by molar-refractivity contribution is 5.49. The van der Waals surface area contributed by atoms with E-state index in [2.05, 4.69) is 52.0 Å². The SMILES string of the molecule is Cc1cccc(CCN2CCC(CN3Cc4cc5c(cc4C3)OCO5)C2)n1. The molecule has 3 aliphatic heterocycles. The largest absolute Gasteiger partial charge is 0.454 e. The van der Waals surface area contributed by atoms with Crippen LogP contribution in [0.25, 0.3) is 0 Å². The highest BCUT2D eigenvalue weighted by atomic mass is 16.7. The molecule has 0 spiro atoms. The van der Waals surface area contributed by atoms with Crippen molar-refractivity contribution in [3.8, 4) is 11.5 Å². The van der Waals surface area contributed by atoms with E-state index in [9.17, 15) is 0 Å². The molecule has 0 bridgehead atoms. The van der Waals surface area contributed by atoms with Crippen LogP contribution in [0, 0.1) is 12.8 Å². The molecule has 5 nitrogen and oxygen atoms in total. The molecule has 142 valence electrons. The Morgan fingerprint density at radius 1 is 1.07 bits per heavy atom. The number of hydrogen-bond donors (Lipinski definition) is 0. The number of ether oxygens (including phenoxy) is 2. The number of nitrogens with zero attached hydrogens (tertiary/aromatic N) is 3. The van der Waals surface area contributed by atoms with Gasteiger partial charge >= 0.3 is 0 Å². The zero-order valence-electron chi connectivity index (χ0n) is 16.0. The Labute approximate surface area is 160 Å². The predicted octanol–water partition coefficient (Wildman–Crippen LogP) is 3.00. The number of rotatable bonds is 5. The molecule has 2 aromatic rings. The number of hydrogen-bond acceptors (Lipinski definition) is 5. The first kappa shape index (κ1) is 17.0.